The van der Waals surface area contributed by atoms with Gasteiger partial charge in [0.1, 0.15) is 0 Å². The van der Waals surface area contributed by atoms with Gasteiger partial charge in [0.05, 0.1) is 12.2 Å². The Bertz CT molecular complexity index is 338. The van der Waals surface area contributed by atoms with Crippen LogP contribution in [-0.4, -0.2) is 31.4 Å². The van der Waals surface area contributed by atoms with Crippen molar-refractivity contribution < 1.29 is 4.79 Å². The molecule has 1 rings (SSSR count). The van der Waals surface area contributed by atoms with E-state index in [1.165, 1.54) is 4.90 Å². The third-order valence-corrected chi connectivity index (χ3v) is 1.97. The molecule has 4 N–H and O–H groups in total. The molecule has 5 nitrogen and oxygen atoms in total. The number of nitrogen functional groups attached to an aromatic ring is 1. The zero-order valence-electron chi connectivity index (χ0n) is 8.95. The van der Waals surface area contributed by atoms with Gasteiger partial charge >= 0.3 is 0 Å². The second-order valence-electron chi connectivity index (χ2n) is 3.37. The number of carbonyl (C=O) groups excluding carboxylic acids is 1. The summed E-state index contributed by atoms with van der Waals surface area (Å²) in [7, 11) is 3.45. The molecule has 0 unspecified atom stereocenters. The summed E-state index contributed by atoms with van der Waals surface area (Å²) in [6, 6.07) is 7.42. The summed E-state index contributed by atoms with van der Waals surface area (Å²) in [4.78, 5) is 12.8. The molecule has 0 saturated heterocycles. The summed E-state index contributed by atoms with van der Waals surface area (Å²) >= 11 is 0. The van der Waals surface area contributed by atoms with Gasteiger partial charge in [-0.25, -0.2) is 0 Å². The summed E-state index contributed by atoms with van der Waals surface area (Å²) in [5.41, 5.74) is 4.21. The van der Waals surface area contributed by atoms with Crippen molar-refractivity contribution in [1.82, 2.24) is 4.90 Å². The quantitative estimate of drug-likeness (QED) is 0.497. The molecule has 0 aliphatic heterocycles. The topological polar surface area (TPSA) is 70.4 Å². The molecule has 82 valence electrons. The maximum Gasteiger partial charge on any atom is 0.241 e. The van der Waals surface area contributed by atoms with Gasteiger partial charge in [-0.15, -0.1) is 0 Å². The van der Waals surface area contributed by atoms with E-state index in [1.807, 2.05) is 24.3 Å². The van der Waals surface area contributed by atoms with Crippen molar-refractivity contribution in [3.05, 3.63) is 24.3 Å². The SMILES string of the molecule is CN(C)C(=O)CNc1cccc(NN)c1. The molecule has 0 saturated carbocycles. The number of nitrogens with two attached hydrogens (primary N) is 1. The zero-order valence-corrected chi connectivity index (χ0v) is 8.95. The van der Waals surface area contributed by atoms with Crippen molar-refractivity contribution in [1.29, 1.82) is 0 Å². The van der Waals surface area contributed by atoms with Crippen LogP contribution in [0.25, 0.3) is 0 Å². The average Bonchev–Trinajstić information content (AvgIpc) is 2.26. The highest BCUT2D eigenvalue weighted by Crippen LogP contribution is 2.13. The van der Waals surface area contributed by atoms with E-state index in [2.05, 4.69) is 10.7 Å². The smallest absolute Gasteiger partial charge is 0.241 e. The van der Waals surface area contributed by atoms with Crippen LogP contribution in [0.5, 0.6) is 0 Å². The lowest BCUT2D eigenvalue weighted by molar-refractivity contribution is -0.126. The molecule has 0 spiro atoms. The van der Waals surface area contributed by atoms with E-state index in [4.69, 9.17) is 5.84 Å². The molecule has 0 aliphatic carbocycles. The summed E-state index contributed by atoms with van der Waals surface area (Å²) < 4.78 is 0. The Hall–Kier alpha value is -1.75. The number of rotatable bonds is 4. The Balaban J connectivity index is 2.54. The van der Waals surface area contributed by atoms with Gasteiger partial charge in [0.2, 0.25) is 5.91 Å². The average molecular weight is 208 g/mol. The lowest BCUT2D eigenvalue weighted by Gasteiger charge is -2.12. The second kappa shape index (κ2) is 5.21. The number of anilines is 2. The van der Waals surface area contributed by atoms with Crippen LogP contribution in [0, 0.1) is 0 Å². The number of nitrogens with zero attached hydrogens (tertiary/aromatic N) is 1. The highest BCUT2D eigenvalue weighted by atomic mass is 16.2. The predicted octanol–water partition coefficient (Wildman–Crippen LogP) is 0.472. The first-order valence-corrected chi connectivity index (χ1v) is 4.64. The third kappa shape index (κ3) is 3.47. The summed E-state index contributed by atoms with van der Waals surface area (Å²) in [5, 5.41) is 3.01. The number of amides is 1. The molecule has 0 heterocycles. The largest absolute Gasteiger partial charge is 0.376 e. The Kier molecular flexibility index (Phi) is 3.93. The maximum atomic E-state index is 11.3. The lowest BCUT2D eigenvalue weighted by Crippen LogP contribution is -2.28. The van der Waals surface area contributed by atoms with E-state index in [9.17, 15) is 4.79 Å². The van der Waals surface area contributed by atoms with Crippen molar-refractivity contribution in [2.24, 2.45) is 5.84 Å². The summed E-state index contributed by atoms with van der Waals surface area (Å²) in [6.45, 7) is 0.279. The molecule has 0 aromatic heterocycles. The number of hydrogen-bond donors (Lipinski definition) is 3. The van der Waals surface area contributed by atoms with Gasteiger partial charge in [0.15, 0.2) is 0 Å². The highest BCUT2D eigenvalue weighted by molar-refractivity contribution is 5.80. The van der Waals surface area contributed by atoms with Crippen LogP contribution in [0.3, 0.4) is 0 Å². The number of nitrogens with one attached hydrogen (secondary N) is 2. The van der Waals surface area contributed by atoms with E-state index in [0.29, 0.717) is 0 Å². The third-order valence-electron chi connectivity index (χ3n) is 1.97. The Morgan fingerprint density at radius 1 is 1.40 bits per heavy atom. The summed E-state index contributed by atoms with van der Waals surface area (Å²) in [5.74, 6) is 5.30. The molecule has 0 atom stereocenters. The maximum absolute atomic E-state index is 11.3. The molecular weight excluding hydrogens is 192 g/mol. The normalized spacial score (nSPS) is 9.53. The standard InChI is InChI=1S/C10H16N4O/c1-14(2)10(15)7-12-8-4-3-5-9(6-8)13-11/h3-6,12-13H,7,11H2,1-2H3. The van der Waals surface area contributed by atoms with Gasteiger partial charge < -0.3 is 15.6 Å². The van der Waals surface area contributed by atoms with E-state index < -0.39 is 0 Å². The minimum Gasteiger partial charge on any atom is -0.376 e. The Morgan fingerprint density at radius 3 is 2.67 bits per heavy atom. The second-order valence-corrected chi connectivity index (χ2v) is 3.37. The highest BCUT2D eigenvalue weighted by Gasteiger charge is 2.02. The van der Waals surface area contributed by atoms with E-state index in [-0.39, 0.29) is 12.5 Å². The van der Waals surface area contributed by atoms with E-state index >= 15 is 0 Å². The molecule has 0 fully saturated rings. The van der Waals surface area contributed by atoms with Gasteiger partial charge in [-0.3, -0.25) is 10.6 Å². The zero-order chi connectivity index (χ0) is 11.3. The predicted molar refractivity (Wildman–Crippen MR) is 61.4 cm³/mol. The molecule has 1 aromatic carbocycles. The van der Waals surface area contributed by atoms with Crippen molar-refractivity contribution in [2.75, 3.05) is 31.4 Å². The first-order chi connectivity index (χ1) is 7.13. The monoisotopic (exact) mass is 208 g/mol. The molecule has 5 heteroatoms. The number of hydrazine groups is 1. The van der Waals surface area contributed by atoms with Gasteiger partial charge in [0.25, 0.3) is 0 Å². The van der Waals surface area contributed by atoms with Crippen molar-refractivity contribution in [2.45, 2.75) is 0 Å². The van der Waals surface area contributed by atoms with Crippen molar-refractivity contribution in [3.63, 3.8) is 0 Å². The first-order valence-electron chi connectivity index (χ1n) is 4.64. The van der Waals surface area contributed by atoms with E-state index in [0.717, 1.165) is 11.4 Å². The van der Waals surface area contributed by atoms with Gasteiger partial charge in [0, 0.05) is 19.8 Å². The fraction of sp³-hybridized carbons (Fsp3) is 0.300. The number of carbonyl (C=O) groups is 1. The first kappa shape index (κ1) is 11.3. The fourth-order valence-corrected chi connectivity index (χ4v) is 1.05. The number of likely N-dealkylation sites (N-methyl/N-ethyl adjacent to an activating group) is 1. The fourth-order valence-electron chi connectivity index (χ4n) is 1.05. The van der Waals surface area contributed by atoms with Gasteiger partial charge in [-0.05, 0) is 18.2 Å². The minimum atomic E-state index is 0.0288. The Morgan fingerprint density at radius 2 is 2.07 bits per heavy atom. The number of benzene rings is 1. The molecular formula is C10H16N4O. The molecule has 1 aromatic rings. The Labute approximate surface area is 89.2 Å². The molecule has 15 heavy (non-hydrogen) atoms. The van der Waals surface area contributed by atoms with Crippen molar-refractivity contribution >= 4 is 17.3 Å². The lowest BCUT2D eigenvalue weighted by atomic mass is 10.3. The molecule has 0 radical (unpaired) electrons. The molecule has 1 amide bonds. The van der Waals surface area contributed by atoms with E-state index in [1.54, 1.807) is 14.1 Å². The summed E-state index contributed by atoms with van der Waals surface area (Å²) in [6.07, 6.45) is 0. The number of hydrogen-bond acceptors (Lipinski definition) is 4. The van der Waals surface area contributed by atoms with Crippen LogP contribution in [0.15, 0.2) is 24.3 Å². The van der Waals surface area contributed by atoms with Crippen LogP contribution in [0.1, 0.15) is 0 Å². The molecule has 0 bridgehead atoms. The van der Waals surface area contributed by atoms with Crippen molar-refractivity contribution in [3.8, 4) is 0 Å². The van der Waals surface area contributed by atoms with Gasteiger partial charge in [-0.2, -0.15) is 0 Å². The van der Waals surface area contributed by atoms with Crippen LogP contribution in [0.4, 0.5) is 11.4 Å². The van der Waals surface area contributed by atoms with Gasteiger partial charge in [-0.1, -0.05) is 6.07 Å². The van der Waals surface area contributed by atoms with Crippen LogP contribution < -0.4 is 16.6 Å². The van der Waals surface area contributed by atoms with Crippen LogP contribution >= 0.6 is 0 Å². The minimum absolute atomic E-state index is 0.0288. The van der Waals surface area contributed by atoms with Crippen LogP contribution in [0.2, 0.25) is 0 Å². The van der Waals surface area contributed by atoms with Crippen LogP contribution in [-0.2, 0) is 4.79 Å². The molecule has 0 aliphatic rings.